The summed E-state index contributed by atoms with van der Waals surface area (Å²) < 4.78 is 31.2. The molecule has 1 amide bonds. The molecule has 2 aromatic rings. The Hall–Kier alpha value is -2.54. The number of carbonyl (C=O) groups is 1. The molecule has 0 fully saturated rings. The molecule has 0 bridgehead atoms. The minimum atomic E-state index is -3.51. The zero-order chi connectivity index (χ0) is 18.7. The molecule has 0 radical (unpaired) electrons. The van der Waals surface area contributed by atoms with Crippen LogP contribution in [0.2, 0.25) is 0 Å². The molecular weight excluding hydrogens is 352 g/mol. The van der Waals surface area contributed by atoms with Gasteiger partial charge in [-0.25, -0.2) is 8.42 Å². The Morgan fingerprint density at radius 2 is 1.85 bits per heavy atom. The van der Waals surface area contributed by atoms with Crippen molar-refractivity contribution in [3.8, 4) is 5.75 Å². The first-order valence-electron chi connectivity index (χ1n) is 8.42. The van der Waals surface area contributed by atoms with Crippen LogP contribution in [0.5, 0.6) is 5.75 Å². The number of benzene rings is 2. The van der Waals surface area contributed by atoms with Crippen molar-refractivity contribution in [2.45, 2.75) is 18.9 Å². The first kappa shape index (κ1) is 18.3. The fourth-order valence-corrected chi connectivity index (χ4v) is 3.83. The summed E-state index contributed by atoms with van der Waals surface area (Å²) in [6.07, 6.45) is 0.240. The maximum atomic E-state index is 12.6. The number of hydrogen-bond donors (Lipinski definition) is 1. The minimum absolute atomic E-state index is 0.0403. The minimum Gasteiger partial charge on any atom is -0.476 e. The molecule has 2 atom stereocenters. The van der Waals surface area contributed by atoms with Crippen molar-refractivity contribution in [1.29, 1.82) is 0 Å². The summed E-state index contributed by atoms with van der Waals surface area (Å²) in [5, 5.41) is 2.87. The van der Waals surface area contributed by atoms with Crippen molar-refractivity contribution in [2.24, 2.45) is 0 Å². The number of carbonyl (C=O) groups excluding carboxylic acids is 1. The van der Waals surface area contributed by atoms with Crippen LogP contribution in [-0.4, -0.2) is 39.8 Å². The first-order valence-corrected chi connectivity index (χ1v) is 10.3. The van der Waals surface area contributed by atoms with Gasteiger partial charge in [0.15, 0.2) is 6.10 Å². The molecule has 1 N–H and O–H groups in total. The van der Waals surface area contributed by atoms with Crippen LogP contribution >= 0.6 is 0 Å². The van der Waals surface area contributed by atoms with E-state index >= 15 is 0 Å². The lowest BCUT2D eigenvalue weighted by atomic mass is 10.0. The van der Waals surface area contributed by atoms with Crippen LogP contribution in [0, 0.1) is 0 Å². The summed E-state index contributed by atoms with van der Waals surface area (Å²) in [5.74, 6) is 0.207. The van der Waals surface area contributed by atoms with Crippen molar-refractivity contribution in [1.82, 2.24) is 5.32 Å². The molecule has 2 aromatic carbocycles. The SMILES string of the molecule is C[C@H](CNC(=O)[C@H]1CN(S(C)(=O)=O)c2ccccc2O1)c1ccccc1. The standard InChI is InChI=1S/C19H22N2O4S/c1-14(15-8-4-3-5-9-15)12-20-19(22)18-13-21(26(2,23)24)16-10-6-7-11-17(16)25-18/h3-11,14,18H,12-13H2,1-2H3,(H,20,22)/t14-,18-/m1/s1. The van der Waals surface area contributed by atoms with Gasteiger partial charge in [-0.15, -0.1) is 0 Å². The van der Waals surface area contributed by atoms with Gasteiger partial charge in [-0.05, 0) is 23.6 Å². The van der Waals surface area contributed by atoms with Crippen LogP contribution in [0.15, 0.2) is 54.6 Å². The number of hydrogen-bond acceptors (Lipinski definition) is 4. The van der Waals surface area contributed by atoms with E-state index in [9.17, 15) is 13.2 Å². The van der Waals surface area contributed by atoms with E-state index in [1.54, 1.807) is 24.3 Å². The van der Waals surface area contributed by atoms with Gasteiger partial charge < -0.3 is 10.1 Å². The molecule has 138 valence electrons. The van der Waals surface area contributed by atoms with Crippen LogP contribution in [-0.2, 0) is 14.8 Å². The summed E-state index contributed by atoms with van der Waals surface area (Å²) in [6, 6.07) is 16.7. The van der Waals surface area contributed by atoms with Crippen LogP contribution < -0.4 is 14.4 Å². The molecule has 0 spiro atoms. The van der Waals surface area contributed by atoms with Crippen molar-refractivity contribution < 1.29 is 17.9 Å². The number of para-hydroxylation sites is 2. The quantitative estimate of drug-likeness (QED) is 0.870. The van der Waals surface area contributed by atoms with E-state index in [2.05, 4.69) is 5.32 Å². The topological polar surface area (TPSA) is 75.7 Å². The summed E-state index contributed by atoms with van der Waals surface area (Å²) in [5.41, 5.74) is 1.58. The van der Waals surface area contributed by atoms with E-state index in [-0.39, 0.29) is 18.4 Å². The van der Waals surface area contributed by atoms with Gasteiger partial charge in [0.1, 0.15) is 5.75 Å². The van der Waals surface area contributed by atoms with E-state index in [4.69, 9.17) is 4.74 Å². The number of rotatable bonds is 5. The Morgan fingerprint density at radius 3 is 2.54 bits per heavy atom. The lowest BCUT2D eigenvalue weighted by Crippen LogP contribution is -2.50. The number of nitrogens with zero attached hydrogens (tertiary/aromatic N) is 1. The molecule has 1 aliphatic rings. The molecule has 26 heavy (non-hydrogen) atoms. The highest BCUT2D eigenvalue weighted by molar-refractivity contribution is 7.92. The zero-order valence-electron chi connectivity index (χ0n) is 14.8. The van der Waals surface area contributed by atoms with Crippen molar-refractivity contribution in [3.63, 3.8) is 0 Å². The highest BCUT2D eigenvalue weighted by Gasteiger charge is 2.34. The van der Waals surface area contributed by atoms with E-state index < -0.39 is 16.1 Å². The maximum absolute atomic E-state index is 12.6. The molecule has 0 aliphatic carbocycles. The Kier molecular flexibility index (Phi) is 5.18. The van der Waals surface area contributed by atoms with Gasteiger partial charge in [0.2, 0.25) is 10.0 Å². The van der Waals surface area contributed by atoms with E-state index in [1.165, 1.54) is 4.31 Å². The summed E-state index contributed by atoms with van der Waals surface area (Å²) >= 11 is 0. The largest absolute Gasteiger partial charge is 0.476 e. The molecule has 0 saturated heterocycles. The van der Waals surface area contributed by atoms with Crippen LogP contribution in [0.25, 0.3) is 0 Å². The van der Waals surface area contributed by atoms with E-state index in [0.717, 1.165) is 11.8 Å². The van der Waals surface area contributed by atoms with Crippen molar-refractivity contribution >= 4 is 21.6 Å². The van der Waals surface area contributed by atoms with Gasteiger partial charge in [0.05, 0.1) is 18.5 Å². The van der Waals surface area contributed by atoms with Gasteiger partial charge in [-0.2, -0.15) is 0 Å². The van der Waals surface area contributed by atoms with Gasteiger partial charge >= 0.3 is 0 Å². The van der Waals surface area contributed by atoms with Crippen molar-refractivity contribution in [2.75, 3.05) is 23.7 Å². The molecule has 7 heteroatoms. The van der Waals surface area contributed by atoms with Crippen LogP contribution in [0.3, 0.4) is 0 Å². The number of sulfonamides is 1. The monoisotopic (exact) mass is 374 g/mol. The third-order valence-corrected chi connectivity index (χ3v) is 5.53. The third-order valence-electron chi connectivity index (χ3n) is 4.38. The van der Waals surface area contributed by atoms with Gasteiger partial charge in [0, 0.05) is 6.54 Å². The first-order chi connectivity index (χ1) is 12.4. The van der Waals surface area contributed by atoms with Crippen molar-refractivity contribution in [3.05, 3.63) is 60.2 Å². The number of fused-ring (bicyclic) bond motifs is 1. The Labute approximate surface area is 153 Å². The average molecular weight is 374 g/mol. The number of nitrogens with one attached hydrogen (secondary N) is 1. The second-order valence-electron chi connectivity index (χ2n) is 6.43. The van der Waals surface area contributed by atoms with Gasteiger partial charge in [0.25, 0.3) is 5.91 Å². The lowest BCUT2D eigenvalue weighted by molar-refractivity contribution is -0.127. The third kappa shape index (κ3) is 3.99. The predicted molar refractivity (Wildman–Crippen MR) is 101 cm³/mol. The highest BCUT2D eigenvalue weighted by Crippen LogP contribution is 2.34. The summed E-state index contributed by atoms with van der Waals surface area (Å²) in [4.78, 5) is 12.6. The number of anilines is 1. The highest BCUT2D eigenvalue weighted by atomic mass is 32.2. The van der Waals surface area contributed by atoms with E-state index in [1.807, 2.05) is 37.3 Å². The number of ether oxygens (including phenoxy) is 1. The fourth-order valence-electron chi connectivity index (χ4n) is 2.92. The molecule has 6 nitrogen and oxygen atoms in total. The normalized spacial score (nSPS) is 17.8. The molecule has 0 aromatic heterocycles. The smallest absolute Gasteiger partial charge is 0.263 e. The molecule has 0 saturated carbocycles. The molecule has 0 unspecified atom stereocenters. The average Bonchev–Trinajstić information content (AvgIpc) is 2.64. The number of amides is 1. The molecule has 1 aliphatic heterocycles. The second-order valence-corrected chi connectivity index (χ2v) is 8.33. The van der Waals surface area contributed by atoms with Crippen LogP contribution in [0.4, 0.5) is 5.69 Å². The van der Waals surface area contributed by atoms with E-state index in [0.29, 0.717) is 18.0 Å². The predicted octanol–water partition coefficient (Wildman–Crippen LogP) is 2.13. The Balaban J connectivity index is 1.70. The summed E-state index contributed by atoms with van der Waals surface area (Å²) in [7, 11) is -3.51. The Bertz CT molecular complexity index is 883. The zero-order valence-corrected chi connectivity index (χ0v) is 15.6. The Morgan fingerprint density at radius 1 is 1.19 bits per heavy atom. The van der Waals surface area contributed by atoms with Gasteiger partial charge in [-0.1, -0.05) is 49.4 Å². The lowest BCUT2D eigenvalue weighted by Gasteiger charge is -2.34. The fraction of sp³-hybridized carbons (Fsp3) is 0.316. The molecular formula is C19H22N2O4S. The van der Waals surface area contributed by atoms with Crippen LogP contribution in [0.1, 0.15) is 18.4 Å². The second kappa shape index (κ2) is 7.37. The summed E-state index contributed by atoms with van der Waals surface area (Å²) in [6.45, 7) is 2.43. The maximum Gasteiger partial charge on any atom is 0.263 e. The van der Waals surface area contributed by atoms with Gasteiger partial charge in [-0.3, -0.25) is 9.10 Å². The molecule has 1 heterocycles. The molecule has 3 rings (SSSR count).